The van der Waals surface area contributed by atoms with Crippen molar-refractivity contribution < 1.29 is 17.9 Å². The van der Waals surface area contributed by atoms with Gasteiger partial charge in [0.2, 0.25) is 10.0 Å². The Morgan fingerprint density at radius 3 is 2.40 bits per heavy atom. The summed E-state index contributed by atoms with van der Waals surface area (Å²) < 4.78 is 39.6. The van der Waals surface area contributed by atoms with Crippen molar-refractivity contribution >= 4 is 10.0 Å². The molecule has 0 radical (unpaired) electrons. The van der Waals surface area contributed by atoms with Crippen LogP contribution in [-0.4, -0.2) is 43.8 Å². The molecule has 0 aliphatic carbocycles. The largest absolute Gasteiger partial charge is 0.497 e. The summed E-state index contributed by atoms with van der Waals surface area (Å²) in [5, 5.41) is 4.45. The van der Waals surface area contributed by atoms with Crippen LogP contribution in [0.1, 0.15) is 23.9 Å². The molecule has 0 unspecified atom stereocenters. The summed E-state index contributed by atoms with van der Waals surface area (Å²) in [6.45, 7) is 6.82. The Bertz CT molecular complexity index is 859. The van der Waals surface area contributed by atoms with Crippen LogP contribution in [0.5, 0.6) is 11.5 Å². The molecule has 7 nitrogen and oxygen atoms in total. The fourth-order valence-electron chi connectivity index (χ4n) is 2.73. The topological polar surface area (TPSA) is 73.7 Å². The second kappa shape index (κ2) is 7.45. The Labute approximate surface area is 149 Å². The first-order chi connectivity index (χ1) is 11.8. The number of hydrogen-bond acceptors (Lipinski definition) is 5. The summed E-state index contributed by atoms with van der Waals surface area (Å²) in [5.74, 6) is 0.740. The predicted molar refractivity (Wildman–Crippen MR) is 95.6 cm³/mol. The Hall–Kier alpha value is -2.06. The number of hydrogen-bond donors (Lipinski definition) is 0. The van der Waals surface area contributed by atoms with Gasteiger partial charge < -0.3 is 9.47 Å². The standard InChI is InChI=1S/C17H25N3O4S/c1-7-20-13(3)15(12(2)18-20)11-19(4)25(21,22)17-10-14(23-5)8-9-16(17)24-6/h8-10H,7,11H2,1-6H3. The minimum Gasteiger partial charge on any atom is -0.497 e. The molecule has 0 saturated carbocycles. The molecule has 8 heteroatoms. The molecular weight excluding hydrogens is 342 g/mol. The second-order valence-electron chi connectivity index (χ2n) is 5.74. The first-order valence-electron chi connectivity index (χ1n) is 7.97. The summed E-state index contributed by atoms with van der Waals surface area (Å²) in [6.07, 6.45) is 0. The Morgan fingerprint density at radius 2 is 1.88 bits per heavy atom. The summed E-state index contributed by atoms with van der Waals surface area (Å²) in [6, 6.07) is 4.72. The van der Waals surface area contributed by atoms with Crippen molar-refractivity contribution in [2.75, 3.05) is 21.3 Å². The molecule has 0 fully saturated rings. The van der Waals surface area contributed by atoms with E-state index in [0.717, 1.165) is 23.5 Å². The van der Waals surface area contributed by atoms with Crippen LogP contribution in [0, 0.1) is 13.8 Å². The van der Waals surface area contributed by atoms with Crippen LogP contribution in [0.15, 0.2) is 23.1 Å². The number of benzene rings is 1. The van der Waals surface area contributed by atoms with Crippen molar-refractivity contribution in [3.05, 3.63) is 35.2 Å². The normalized spacial score (nSPS) is 11.8. The molecule has 2 rings (SSSR count). The molecule has 0 saturated heterocycles. The lowest BCUT2D eigenvalue weighted by Gasteiger charge is -2.19. The second-order valence-corrected chi connectivity index (χ2v) is 7.76. The SMILES string of the molecule is CCn1nc(C)c(CN(C)S(=O)(=O)c2cc(OC)ccc2OC)c1C. The molecule has 0 aliphatic heterocycles. The third-order valence-electron chi connectivity index (χ3n) is 4.27. The minimum absolute atomic E-state index is 0.0787. The summed E-state index contributed by atoms with van der Waals surface area (Å²) in [7, 11) is 0.738. The molecule has 25 heavy (non-hydrogen) atoms. The number of ether oxygens (including phenoxy) is 2. The van der Waals surface area contributed by atoms with E-state index in [9.17, 15) is 8.42 Å². The molecule has 2 aromatic rings. The molecule has 0 N–H and O–H groups in total. The van der Waals surface area contributed by atoms with Gasteiger partial charge in [0.15, 0.2) is 0 Å². The quantitative estimate of drug-likeness (QED) is 0.751. The number of aromatic nitrogens is 2. The lowest BCUT2D eigenvalue weighted by Crippen LogP contribution is -2.27. The molecule has 0 amide bonds. The van der Waals surface area contributed by atoms with Crippen molar-refractivity contribution in [1.82, 2.24) is 14.1 Å². The zero-order valence-corrected chi connectivity index (χ0v) is 16.3. The highest BCUT2D eigenvalue weighted by atomic mass is 32.2. The van der Waals surface area contributed by atoms with E-state index >= 15 is 0 Å². The van der Waals surface area contributed by atoms with Gasteiger partial charge in [0.05, 0.1) is 19.9 Å². The summed E-state index contributed by atoms with van der Waals surface area (Å²) in [4.78, 5) is 0.0787. The van der Waals surface area contributed by atoms with E-state index in [1.807, 2.05) is 25.5 Å². The molecule has 138 valence electrons. The number of sulfonamides is 1. The van der Waals surface area contributed by atoms with E-state index in [1.54, 1.807) is 19.2 Å². The van der Waals surface area contributed by atoms with Crippen LogP contribution < -0.4 is 9.47 Å². The van der Waals surface area contributed by atoms with Gasteiger partial charge in [-0.2, -0.15) is 9.40 Å². The van der Waals surface area contributed by atoms with Gasteiger partial charge in [0, 0.05) is 37.5 Å². The van der Waals surface area contributed by atoms with Gasteiger partial charge in [-0.3, -0.25) is 4.68 Å². The third-order valence-corrected chi connectivity index (χ3v) is 6.10. The smallest absolute Gasteiger partial charge is 0.246 e. The molecule has 1 aromatic carbocycles. The van der Waals surface area contributed by atoms with Crippen molar-refractivity contribution in [1.29, 1.82) is 0 Å². The average molecular weight is 367 g/mol. The van der Waals surface area contributed by atoms with Gasteiger partial charge >= 0.3 is 0 Å². The molecule has 1 heterocycles. The van der Waals surface area contributed by atoms with Crippen molar-refractivity contribution in [2.24, 2.45) is 0 Å². The first kappa shape index (κ1) is 19.3. The van der Waals surface area contributed by atoms with Gasteiger partial charge in [-0.15, -0.1) is 0 Å². The van der Waals surface area contributed by atoms with Crippen LogP contribution >= 0.6 is 0 Å². The number of nitrogens with zero attached hydrogens (tertiary/aromatic N) is 3. The fourth-order valence-corrected chi connectivity index (χ4v) is 4.04. The van der Waals surface area contributed by atoms with Gasteiger partial charge in [-0.1, -0.05) is 0 Å². The van der Waals surface area contributed by atoms with E-state index in [0.29, 0.717) is 5.75 Å². The maximum Gasteiger partial charge on any atom is 0.246 e. The number of aryl methyl sites for hydroxylation is 2. The maximum absolute atomic E-state index is 13.0. The predicted octanol–water partition coefficient (Wildman–Crippen LogP) is 2.36. The van der Waals surface area contributed by atoms with Crippen LogP contribution in [0.25, 0.3) is 0 Å². The zero-order valence-electron chi connectivity index (χ0n) is 15.5. The van der Waals surface area contributed by atoms with Crippen LogP contribution in [0.3, 0.4) is 0 Å². The Morgan fingerprint density at radius 1 is 1.20 bits per heavy atom. The monoisotopic (exact) mass is 367 g/mol. The van der Waals surface area contributed by atoms with Crippen LogP contribution in [0.4, 0.5) is 0 Å². The first-order valence-corrected chi connectivity index (χ1v) is 9.41. The number of rotatable bonds is 7. The molecule has 0 bridgehead atoms. The summed E-state index contributed by atoms with van der Waals surface area (Å²) in [5.41, 5.74) is 2.72. The van der Waals surface area contributed by atoms with Gasteiger partial charge in [-0.05, 0) is 32.9 Å². The molecule has 0 atom stereocenters. The van der Waals surface area contributed by atoms with Gasteiger partial charge in [0.25, 0.3) is 0 Å². The van der Waals surface area contributed by atoms with Crippen molar-refractivity contribution in [3.8, 4) is 11.5 Å². The summed E-state index contributed by atoms with van der Waals surface area (Å²) >= 11 is 0. The minimum atomic E-state index is -3.75. The molecule has 1 aromatic heterocycles. The molecule has 0 spiro atoms. The van der Waals surface area contributed by atoms with E-state index in [2.05, 4.69) is 5.10 Å². The van der Waals surface area contributed by atoms with E-state index in [-0.39, 0.29) is 17.2 Å². The maximum atomic E-state index is 13.0. The van der Waals surface area contributed by atoms with Crippen molar-refractivity contribution in [2.45, 2.75) is 38.8 Å². The number of methoxy groups -OCH3 is 2. The third kappa shape index (κ3) is 3.64. The van der Waals surface area contributed by atoms with Crippen LogP contribution in [0.2, 0.25) is 0 Å². The fraction of sp³-hybridized carbons (Fsp3) is 0.471. The zero-order chi connectivity index (χ0) is 18.8. The van der Waals surface area contributed by atoms with Crippen LogP contribution in [-0.2, 0) is 23.1 Å². The Kier molecular flexibility index (Phi) is 5.74. The van der Waals surface area contributed by atoms with Gasteiger partial charge in [0.1, 0.15) is 16.4 Å². The van der Waals surface area contributed by atoms with Gasteiger partial charge in [-0.25, -0.2) is 8.42 Å². The highest BCUT2D eigenvalue weighted by molar-refractivity contribution is 7.89. The van der Waals surface area contributed by atoms with E-state index < -0.39 is 10.0 Å². The average Bonchev–Trinajstić information content (AvgIpc) is 2.88. The highest BCUT2D eigenvalue weighted by Gasteiger charge is 2.27. The lowest BCUT2D eigenvalue weighted by molar-refractivity contribution is 0.388. The highest BCUT2D eigenvalue weighted by Crippen LogP contribution is 2.31. The van der Waals surface area contributed by atoms with Crippen molar-refractivity contribution in [3.63, 3.8) is 0 Å². The molecular formula is C17H25N3O4S. The lowest BCUT2D eigenvalue weighted by atomic mass is 10.2. The van der Waals surface area contributed by atoms with E-state index in [4.69, 9.17) is 9.47 Å². The Balaban J connectivity index is 2.42. The molecule has 0 aliphatic rings. The van der Waals surface area contributed by atoms with E-state index in [1.165, 1.54) is 24.6 Å².